The molecular formula is C26H25FN4O3. The maximum atomic E-state index is 14.4. The first-order valence-corrected chi connectivity index (χ1v) is 11.4. The lowest BCUT2D eigenvalue weighted by atomic mass is 9.76. The Hall–Kier alpha value is -3.52. The molecule has 8 heteroatoms. The van der Waals surface area contributed by atoms with Crippen LogP contribution in [-0.4, -0.2) is 39.2 Å². The first-order chi connectivity index (χ1) is 16.1. The van der Waals surface area contributed by atoms with Crippen LogP contribution < -0.4 is 10.6 Å². The predicted molar refractivity (Wildman–Crippen MR) is 124 cm³/mol. The molecule has 2 aromatic carbocycles. The van der Waals surface area contributed by atoms with Gasteiger partial charge in [0.05, 0.1) is 11.8 Å². The van der Waals surface area contributed by atoms with Gasteiger partial charge in [-0.2, -0.15) is 0 Å². The second kappa shape index (κ2) is 6.76. The van der Waals surface area contributed by atoms with E-state index >= 15 is 0 Å². The number of aromatic nitrogens is 1. The Balaban J connectivity index is 1.51. The summed E-state index contributed by atoms with van der Waals surface area (Å²) in [5, 5.41) is 7.21. The highest BCUT2D eigenvalue weighted by molar-refractivity contribution is 6.15. The van der Waals surface area contributed by atoms with Gasteiger partial charge >= 0.3 is 0 Å². The zero-order valence-corrected chi connectivity index (χ0v) is 19.1. The van der Waals surface area contributed by atoms with E-state index in [2.05, 4.69) is 15.6 Å². The number of aromatic amines is 1. The Morgan fingerprint density at radius 1 is 1.06 bits per heavy atom. The average molecular weight is 461 g/mol. The highest BCUT2D eigenvalue weighted by Gasteiger charge is 2.71. The van der Waals surface area contributed by atoms with Crippen LogP contribution in [0, 0.1) is 17.7 Å². The van der Waals surface area contributed by atoms with Crippen molar-refractivity contribution in [2.24, 2.45) is 11.8 Å². The van der Waals surface area contributed by atoms with E-state index in [0.717, 1.165) is 16.5 Å². The van der Waals surface area contributed by atoms with Gasteiger partial charge in [-0.15, -0.1) is 0 Å². The zero-order valence-electron chi connectivity index (χ0n) is 19.1. The zero-order chi connectivity index (χ0) is 24.0. The van der Waals surface area contributed by atoms with Gasteiger partial charge in [0.15, 0.2) is 0 Å². The molecule has 1 spiro atoms. The normalized spacial score (nSPS) is 28.2. The number of amides is 3. The smallest absolute Gasteiger partial charge is 0.250 e. The number of fused-ring (bicyclic) bond motifs is 5. The van der Waals surface area contributed by atoms with Crippen molar-refractivity contribution >= 4 is 34.3 Å². The lowest BCUT2D eigenvalue weighted by Gasteiger charge is -2.34. The molecule has 0 radical (unpaired) electrons. The van der Waals surface area contributed by atoms with Crippen molar-refractivity contribution in [3.8, 4) is 0 Å². The second-order valence-corrected chi connectivity index (χ2v) is 10.5. The maximum Gasteiger partial charge on any atom is 0.250 e. The molecule has 2 fully saturated rings. The quantitative estimate of drug-likeness (QED) is 0.513. The molecule has 6 rings (SSSR count). The van der Waals surface area contributed by atoms with Crippen LogP contribution in [0.1, 0.15) is 31.9 Å². The van der Waals surface area contributed by atoms with Crippen molar-refractivity contribution in [3.63, 3.8) is 0 Å². The van der Waals surface area contributed by atoms with Crippen molar-refractivity contribution in [1.29, 1.82) is 0 Å². The third-order valence-electron chi connectivity index (χ3n) is 7.46. The molecule has 3 aliphatic rings. The molecule has 0 unspecified atom stereocenters. The first-order valence-electron chi connectivity index (χ1n) is 11.4. The number of imide groups is 1. The molecule has 3 N–H and O–H groups in total. The monoisotopic (exact) mass is 460 g/mol. The van der Waals surface area contributed by atoms with Gasteiger partial charge in [0, 0.05) is 39.9 Å². The SMILES string of the molecule is CC(C)(C)N1C(=O)[C@H]2[C@@H](C1=O)[C@@]1(N[C@@H]2Cc2c[nH]c3ccccc23)C(=O)Nc2ccc(F)cc21. The molecule has 3 amide bonds. The van der Waals surface area contributed by atoms with Crippen LogP contribution in [0.3, 0.4) is 0 Å². The van der Waals surface area contributed by atoms with E-state index in [1.165, 1.54) is 23.1 Å². The van der Waals surface area contributed by atoms with Crippen LogP contribution in [0.15, 0.2) is 48.7 Å². The molecule has 3 aliphatic heterocycles. The number of halogens is 1. The number of carbonyl (C=O) groups is 3. The largest absolute Gasteiger partial charge is 0.361 e. The minimum atomic E-state index is -1.51. The van der Waals surface area contributed by atoms with E-state index in [4.69, 9.17) is 0 Å². The topological polar surface area (TPSA) is 94.3 Å². The van der Waals surface area contributed by atoms with Crippen molar-refractivity contribution in [2.75, 3.05) is 5.32 Å². The molecule has 4 atom stereocenters. The number of nitrogens with one attached hydrogen (secondary N) is 3. The van der Waals surface area contributed by atoms with E-state index in [9.17, 15) is 18.8 Å². The van der Waals surface area contributed by atoms with Gasteiger partial charge in [-0.05, 0) is 57.0 Å². The fourth-order valence-corrected chi connectivity index (χ4v) is 6.15. The van der Waals surface area contributed by atoms with Crippen LogP contribution in [0.4, 0.5) is 10.1 Å². The van der Waals surface area contributed by atoms with Gasteiger partial charge in [-0.3, -0.25) is 24.6 Å². The summed E-state index contributed by atoms with van der Waals surface area (Å²) in [6.45, 7) is 5.42. The van der Waals surface area contributed by atoms with Gasteiger partial charge in [-0.1, -0.05) is 18.2 Å². The molecule has 7 nitrogen and oxygen atoms in total. The fourth-order valence-electron chi connectivity index (χ4n) is 6.15. The lowest BCUT2D eigenvalue weighted by molar-refractivity contribution is -0.147. The summed E-state index contributed by atoms with van der Waals surface area (Å²) in [7, 11) is 0. The predicted octanol–water partition coefficient (Wildman–Crippen LogP) is 3.07. The Bertz CT molecular complexity index is 1390. The summed E-state index contributed by atoms with van der Waals surface area (Å²) < 4.78 is 14.4. The summed E-state index contributed by atoms with van der Waals surface area (Å²) in [6, 6.07) is 11.4. The van der Waals surface area contributed by atoms with Crippen molar-refractivity contribution in [3.05, 3.63) is 65.6 Å². The Morgan fingerprint density at radius 3 is 2.59 bits per heavy atom. The van der Waals surface area contributed by atoms with E-state index in [-0.39, 0.29) is 5.91 Å². The summed E-state index contributed by atoms with van der Waals surface area (Å²) in [5.41, 5.74) is 0.538. The number of nitrogens with zero attached hydrogens (tertiary/aromatic N) is 1. The number of carbonyl (C=O) groups excluding carboxylic acids is 3. The van der Waals surface area contributed by atoms with Crippen LogP contribution in [0.2, 0.25) is 0 Å². The highest BCUT2D eigenvalue weighted by atomic mass is 19.1. The van der Waals surface area contributed by atoms with Gasteiger partial charge in [0.25, 0.3) is 0 Å². The van der Waals surface area contributed by atoms with E-state index in [1.807, 2.05) is 30.5 Å². The van der Waals surface area contributed by atoms with Crippen LogP contribution in [0.5, 0.6) is 0 Å². The van der Waals surface area contributed by atoms with Crippen molar-refractivity contribution in [1.82, 2.24) is 15.2 Å². The summed E-state index contributed by atoms with van der Waals surface area (Å²) in [4.78, 5) is 45.5. The van der Waals surface area contributed by atoms with Gasteiger partial charge in [0.2, 0.25) is 17.7 Å². The second-order valence-electron chi connectivity index (χ2n) is 10.5. The minimum absolute atomic E-state index is 0.297. The molecule has 1 aromatic heterocycles. The molecule has 0 aliphatic carbocycles. The van der Waals surface area contributed by atoms with Crippen LogP contribution >= 0.6 is 0 Å². The van der Waals surface area contributed by atoms with E-state index in [0.29, 0.717) is 17.7 Å². The molecular weight excluding hydrogens is 435 g/mol. The maximum absolute atomic E-state index is 14.4. The number of anilines is 1. The standard InChI is InChI=1S/C26H25FN4O3/c1-25(2,3)31-22(32)20-19(10-13-12-28-17-7-5-4-6-15(13)17)30-26(21(20)23(31)33)16-11-14(27)8-9-18(16)29-24(26)34/h4-9,11-12,19-21,28,30H,10H2,1-3H3,(H,29,34)/t19-,20-,21+,26-/m1/s1. The Morgan fingerprint density at radius 2 is 1.82 bits per heavy atom. The van der Waals surface area contributed by atoms with Gasteiger partial charge < -0.3 is 10.3 Å². The fraction of sp³-hybridized carbons (Fsp3) is 0.346. The molecule has 34 heavy (non-hydrogen) atoms. The molecule has 0 saturated carbocycles. The lowest BCUT2D eigenvalue weighted by Crippen LogP contribution is -2.56. The molecule has 2 saturated heterocycles. The highest BCUT2D eigenvalue weighted by Crippen LogP contribution is 2.54. The van der Waals surface area contributed by atoms with Crippen LogP contribution in [0.25, 0.3) is 10.9 Å². The Labute approximate surface area is 195 Å². The first kappa shape index (κ1) is 21.0. The van der Waals surface area contributed by atoms with Crippen LogP contribution in [-0.2, 0) is 26.3 Å². The summed E-state index contributed by atoms with van der Waals surface area (Å²) in [5.74, 6) is -3.34. The summed E-state index contributed by atoms with van der Waals surface area (Å²) >= 11 is 0. The third-order valence-corrected chi connectivity index (χ3v) is 7.46. The molecule has 4 heterocycles. The van der Waals surface area contributed by atoms with Gasteiger partial charge in [-0.25, -0.2) is 4.39 Å². The number of para-hydroxylation sites is 1. The molecule has 3 aromatic rings. The van der Waals surface area contributed by atoms with E-state index < -0.39 is 46.6 Å². The minimum Gasteiger partial charge on any atom is -0.361 e. The molecule has 174 valence electrons. The Kier molecular flexibility index (Phi) is 4.18. The number of likely N-dealkylation sites (tertiary alicyclic amines) is 1. The number of rotatable bonds is 2. The third kappa shape index (κ3) is 2.63. The summed E-state index contributed by atoms with van der Waals surface area (Å²) in [6.07, 6.45) is 2.33. The number of hydrogen-bond donors (Lipinski definition) is 3. The average Bonchev–Trinajstić information content (AvgIpc) is 3.47. The number of hydrogen-bond acceptors (Lipinski definition) is 4. The van der Waals surface area contributed by atoms with Crippen molar-refractivity contribution in [2.45, 2.75) is 44.3 Å². The molecule has 0 bridgehead atoms. The van der Waals surface area contributed by atoms with Crippen molar-refractivity contribution < 1.29 is 18.8 Å². The van der Waals surface area contributed by atoms with E-state index in [1.54, 1.807) is 20.8 Å². The number of benzene rings is 2. The van der Waals surface area contributed by atoms with Gasteiger partial charge in [0.1, 0.15) is 11.4 Å². The number of H-pyrrole nitrogens is 1.